The third-order valence-corrected chi connectivity index (χ3v) is 4.92. The van der Waals surface area contributed by atoms with Gasteiger partial charge < -0.3 is 5.73 Å². The Morgan fingerprint density at radius 3 is 2.30 bits per heavy atom. The summed E-state index contributed by atoms with van der Waals surface area (Å²) < 4.78 is 28.5. The second-order valence-electron chi connectivity index (χ2n) is 4.15. The van der Waals surface area contributed by atoms with E-state index in [0.717, 1.165) is 5.56 Å². The lowest BCUT2D eigenvalue weighted by Gasteiger charge is -2.04. The van der Waals surface area contributed by atoms with Crippen molar-refractivity contribution in [3.8, 4) is 0 Å². The minimum atomic E-state index is -3.79. The molecule has 0 aliphatic carbocycles. The van der Waals surface area contributed by atoms with Gasteiger partial charge in [-0.3, -0.25) is 0 Å². The Hall–Kier alpha value is -1.66. The third kappa shape index (κ3) is 3.68. The van der Waals surface area contributed by atoms with Crippen LogP contribution in [-0.4, -0.2) is 14.3 Å². The number of sulfonamides is 1. The highest BCUT2D eigenvalue weighted by Gasteiger charge is 2.16. The maximum Gasteiger partial charge on any atom is 0.285 e. The smallest absolute Gasteiger partial charge is 0.285 e. The summed E-state index contributed by atoms with van der Waals surface area (Å²) in [4.78, 5) is 0.107. The molecule has 20 heavy (non-hydrogen) atoms. The fourth-order valence-electron chi connectivity index (χ4n) is 1.69. The maximum atomic E-state index is 12.2. The Morgan fingerprint density at radius 1 is 1.05 bits per heavy atom. The van der Waals surface area contributed by atoms with Gasteiger partial charge in [-0.1, -0.05) is 42.5 Å². The molecule has 2 rings (SSSR count). The van der Waals surface area contributed by atoms with Crippen molar-refractivity contribution in [2.24, 2.45) is 10.1 Å². The molecule has 0 bridgehead atoms. The van der Waals surface area contributed by atoms with Crippen molar-refractivity contribution in [3.63, 3.8) is 0 Å². The summed E-state index contributed by atoms with van der Waals surface area (Å²) in [6.45, 7) is 0. The van der Waals surface area contributed by atoms with E-state index in [4.69, 9.17) is 5.73 Å². The summed E-state index contributed by atoms with van der Waals surface area (Å²) in [6, 6.07) is 15.9. The Bertz CT molecular complexity index is 728. The monoisotopic (exact) mass is 352 g/mol. The molecule has 0 spiro atoms. The summed E-state index contributed by atoms with van der Waals surface area (Å²) in [7, 11) is -3.79. The molecule has 0 radical (unpaired) electrons. The third-order valence-electron chi connectivity index (χ3n) is 2.58. The Balaban J connectivity index is 2.27. The number of nitrogens with two attached hydrogens (primary N) is 1. The normalized spacial score (nSPS) is 12.3. The predicted octanol–water partition coefficient (Wildman–Crippen LogP) is 2.74. The average Bonchev–Trinajstić information content (AvgIpc) is 2.39. The zero-order chi connectivity index (χ0) is 14.6. The largest absolute Gasteiger partial charge is 0.386 e. The number of rotatable bonds is 4. The first-order valence-electron chi connectivity index (χ1n) is 5.87. The quantitative estimate of drug-likeness (QED) is 0.679. The van der Waals surface area contributed by atoms with Crippen LogP contribution in [0.4, 0.5) is 0 Å². The zero-order valence-electron chi connectivity index (χ0n) is 10.5. The highest BCUT2D eigenvalue weighted by atomic mass is 79.9. The van der Waals surface area contributed by atoms with Crippen molar-refractivity contribution in [3.05, 3.63) is 64.6 Å². The SMILES string of the molecule is N/C(Cc1ccccc1)=N\S(=O)(=O)c1ccccc1Br. The summed E-state index contributed by atoms with van der Waals surface area (Å²) in [6.07, 6.45) is 0.296. The molecule has 0 saturated heterocycles. The predicted molar refractivity (Wildman–Crippen MR) is 83.1 cm³/mol. The van der Waals surface area contributed by atoms with Crippen molar-refractivity contribution < 1.29 is 8.42 Å². The van der Waals surface area contributed by atoms with E-state index in [1.54, 1.807) is 18.2 Å². The number of hydrogen-bond donors (Lipinski definition) is 1. The van der Waals surface area contributed by atoms with Gasteiger partial charge in [0.25, 0.3) is 10.0 Å². The van der Waals surface area contributed by atoms with E-state index in [-0.39, 0.29) is 10.7 Å². The van der Waals surface area contributed by atoms with E-state index in [0.29, 0.717) is 10.9 Å². The lowest BCUT2D eigenvalue weighted by Crippen LogP contribution is -2.17. The fourth-order valence-corrected chi connectivity index (χ4v) is 3.63. The molecule has 0 aliphatic heterocycles. The molecule has 104 valence electrons. The first kappa shape index (κ1) is 14.7. The second kappa shape index (κ2) is 6.19. The fraction of sp³-hybridized carbons (Fsp3) is 0.0714. The first-order chi connectivity index (χ1) is 9.49. The molecule has 0 aromatic heterocycles. The molecule has 2 N–H and O–H groups in total. The van der Waals surface area contributed by atoms with Crippen LogP contribution in [0, 0.1) is 0 Å². The molecule has 2 aromatic rings. The Labute approximate surface area is 126 Å². The molecule has 0 amide bonds. The van der Waals surface area contributed by atoms with Gasteiger partial charge in [0.05, 0.1) is 0 Å². The molecular weight excluding hydrogens is 340 g/mol. The van der Waals surface area contributed by atoms with Crippen LogP contribution in [0.2, 0.25) is 0 Å². The summed E-state index contributed by atoms with van der Waals surface area (Å²) in [5, 5.41) is 0. The maximum absolute atomic E-state index is 12.2. The number of halogens is 1. The van der Waals surface area contributed by atoms with Gasteiger partial charge in [-0.05, 0) is 33.6 Å². The van der Waals surface area contributed by atoms with Crippen LogP contribution < -0.4 is 5.73 Å². The van der Waals surface area contributed by atoms with Gasteiger partial charge in [-0.15, -0.1) is 4.40 Å². The lowest BCUT2D eigenvalue weighted by molar-refractivity contribution is 0.597. The van der Waals surface area contributed by atoms with Gasteiger partial charge in [0.1, 0.15) is 10.7 Å². The molecule has 0 heterocycles. The molecule has 6 heteroatoms. The van der Waals surface area contributed by atoms with Crippen LogP contribution in [-0.2, 0) is 16.4 Å². The van der Waals surface area contributed by atoms with Crippen molar-refractivity contribution in [1.82, 2.24) is 0 Å². The van der Waals surface area contributed by atoms with Crippen molar-refractivity contribution >= 4 is 31.8 Å². The van der Waals surface area contributed by atoms with Crippen LogP contribution in [0.1, 0.15) is 5.56 Å². The van der Waals surface area contributed by atoms with Gasteiger partial charge in [-0.2, -0.15) is 8.42 Å². The number of hydrogen-bond acceptors (Lipinski definition) is 2. The van der Waals surface area contributed by atoms with Gasteiger partial charge in [-0.25, -0.2) is 0 Å². The molecular formula is C14H13BrN2O2S. The van der Waals surface area contributed by atoms with Gasteiger partial charge >= 0.3 is 0 Å². The first-order valence-corrected chi connectivity index (χ1v) is 8.10. The van der Waals surface area contributed by atoms with Crippen LogP contribution in [0.5, 0.6) is 0 Å². The molecule has 0 fully saturated rings. The molecule has 0 aliphatic rings. The molecule has 4 nitrogen and oxygen atoms in total. The summed E-state index contributed by atoms with van der Waals surface area (Å²) in [5.74, 6) is 0.0620. The molecule has 0 saturated carbocycles. The standard InChI is InChI=1S/C14H13BrN2O2S/c15-12-8-4-5-9-13(12)20(18,19)17-14(16)10-11-6-2-1-3-7-11/h1-9H,10H2,(H2,16,17). The second-order valence-corrected chi connectivity index (χ2v) is 6.58. The summed E-state index contributed by atoms with van der Waals surface area (Å²) in [5.41, 5.74) is 6.65. The molecule has 2 aromatic carbocycles. The van der Waals surface area contributed by atoms with Crippen molar-refractivity contribution in [1.29, 1.82) is 0 Å². The van der Waals surface area contributed by atoms with E-state index in [1.807, 2.05) is 30.3 Å². The van der Waals surface area contributed by atoms with E-state index in [9.17, 15) is 8.42 Å². The van der Waals surface area contributed by atoms with E-state index in [2.05, 4.69) is 20.3 Å². The van der Waals surface area contributed by atoms with Gasteiger partial charge in [0.15, 0.2) is 0 Å². The van der Waals surface area contributed by atoms with E-state index >= 15 is 0 Å². The van der Waals surface area contributed by atoms with Crippen LogP contribution in [0.25, 0.3) is 0 Å². The van der Waals surface area contributed by atoms with Crippen LogP contribution in [0.15, 0.2) is 68.4 Å². The minimum Gasteiger partial charge on any atom is -0.386 e. The number of benzene rings is 2. The van der Waals surface area contributed by atoms with Crippen molar-refractivity contribution in [2.45, 2.75) is 11.3 Å². The van der Waals surface area contributed by atoms with Gasteiger partial charge in [0, 0.05) is 10.9 Å². The highest BCUT2D eigenvalue weighted by Crippen LogP contribution is 2.23. The van der Waals surface area contributed by atoms with Crippen LogP contribution >= 0.6 is 15.9 Å². The Kier molecular flexibility index (Phi) is 4.57. The Morgan fingerprint density at radius 2 is 1.65 bits per heavy atom. The van der Waals surface area contributed by atoms with E-state index in [1.165, 1.54) is 6.07 Å². The number of nitrogens with zero attached hydrogens (tertiary/aromatic N) is 1. The molecule has 0 unspecified atom stereocenters. The molecule has 0 atom stereocenters. The topological polar surface area (TPSA) is 72.5 Å². The lowest BCUT2D eigenvalue weighted by atomic mass is 10.1. The number of amidine groups is 1. The zero-order valence-corrected chi connectivity index (χ0v) is 12.9. The van der Waals surface area contributed by atoms with Crippen molar-refractivity contribution in [2.75, 3.05) is 0 Å². The van der Waals surface area contributed by atoms with E-state index < -0.39 is 10.0 Å². The summed E-state index contributed by atoms with van der Waals surface area (Å²) >= 11 is 3.20. The minimum absolute atomic E-state index is 0.0620. The highest BCUT2D eigenvalue weighted by molar-refractivity contribution is 9.10. The average molecular weight is 353 g/mol. The van der Waals surface area contributed by atoms with Gasteiger partial charge in [0.2, 0.25) is 0 Å². The van der Waals surface area contributed by atoms with Crippen LogP contribution in [0.3, 0.4) is 0 Å².